The Labute approximate surface area is 189 Å². The zero-order valence-corrected chi connectivity index (χ0v) is 18.9. The molecule has 1 atom stereocenters. The molecule has 156 valence electrons. The van der Waals surface area contributed by atoms with E-state index in [1.54, 1.807) is 44.2 Å². The summed E-state index contributed by atoms with van der Waals surface area (Å²) >= 11 is 24.0. The van der Waals surface area contributed by atoms with E-state index in [1.165, 1.54) is 11.0 Å². The molecule has 0 fully saturated rings. The molecule has 0 spiro atoms. The minimum Gasteiger partial charge on any atom is -0.482 e. The summed E-state index contributed by atoms with van der Waals surface area (Å²) in [7, 11) is 0. The Morgan fingerprint density at radius 2 is 1.76 bits per heavy atom. The first-order valence-corrected chi connectivity index (χ1v) is 10.3. The van der Waals surface area contributed by atoms with Crippen molar-refractivity contribution in [3.63, 3.8) is 0 Å². The number of nitrogens with one attached hydrogen (secondary N) is 1. The summed E-state index contributed by atoms with van der Waals surface area (Å²) in [6.07, 6.45) is 0. The second kappa shape index (κ2) is 10.9. The predicted molar refractivity (Wildman–Crippen MR) is 117 cm³/mol. The normalized spacial score (nSPS) is 11.7. The quantitative estimate of drug-likeness (QED) is 0.566. The average Bonchev–Trinajstić information content (AvgIpc) is 2.67. The van der Waals surface area contributed by atoms with E-state index in [9.17, 15) is 9.59 Å². The molecule has 0 unspecified atom stereocenters. The Hall–Kier alpha value is -1.66. The van der Waals surface area contributed by atoms with Crippen LogP contribution in [0.3, 0.4) is 0 Å². The molecule has 1 N–H and O–H groups in total. The fraction of sp³-hybridized carbons (Fsp3) is 0.300. The van der Waals surface area contributed by atoms with E-state index in [0.29, 0.717) is 27.4 Å². The number of carbonyl (C=O) groups is 2. The predicted octanol–water partition coefficient (Wildman–Crippen LogP) is 5.23. The van der Waals surface area contributed by atoms with Crippen LogP contribution in [0.25, 0.3) is 0 Å². The number of ether oxygens (including phenoxy) is 1. The van der Waals surface area contributed by atoms with Crippen molar-refractivity contribution in [1.82, 2.24) is 10.2 Å². The van der Waals surface area contributed by atoms with Gasteiger partial charge in [0.2, 0.25) is 5.91 Å². The second-order valence-corrected chi connectivity index (χ2v) is 7.86. The lowest BCUT2D eigenvalue weighted by atomic mass is 10.1. The molecule has 0 saturated carbocycles. The number of hydrogen-bond donors (Lipinski definition) is 1. The van der Waals surface area contributed by atoms with Crippen LogP contribution in [-0.4, -0.2) is 35.9 Å². The van der Waals surface area contributed by atoms with Gasteiger partial charge in [0.05, 0.1) is 15.1 Å². The molecule has 2 amide bonds. The van der Waals surface area contributed by atoms with Gasteiger partial charge in [-0.2, -0.15) is 0 Å². The number of carbonyl (C=O) groups excluding carboxylic acids is 2. The maximum atomic E-state index is 12.9. The van der Waals surface area contributed by atoms with Crippen LogP contribution in [0.15, 0.2) is 36.4 Å². The van der Waals surface area contributed by atoms with Gasteiger partial charge < -0.3 is 15.0 Å². The largest absolute Gasteiger partial charge is 0.482 e. The van der Waals surface area contributed by atoms with Crippen molar-refractivity contribution in [2.24, 2.45) is 0 Å². The lowest BCUT2D eigenvalue weighted by molar-refractivity contribution is -0.142. The SMILES string of the molecule is CCNC(=O)[C@@H](C)N(Cc1ccc(Cl)c(Cl)c1)C(=O)COc1ccc(Cl)cc1Cl. The summed E-state index contributed by atoms with van der Waals surface area (Å²) in [6, 6.07) is 9.03. The van der Waals surface area contributed by atoms with Crippen LogP contribution in [0.2, 0.25) is 20.1 Å². The fourth-order valence-corrected chi connectivity index (χ4v) is 3.34. The van der Waals surface area contributed by atoms with Crippen molar-refractivity contribution in [2.45, 2.75) is 26.4 Å². The molecular weight excluding hydrogens is 458 g/mol. The molecule has 2 rings (SSSR count). The lowest BCUT2D eigenvalue weighted by Gasteiger charge is -2.28. The Morgan fingerprint density at radius 3 is 2.38 bits per heavy atom. The summed E-state index contributed by atoms with van der Waals surface area (Å²) < 4.78 is 5.54. The van der Waals surface area contributed by atoms with Gasteiger partial charge in [-0.05, 0) is 49.7 Å². The summed E-state index contributed by atoms with van der Waals surface area (Å²) in [6.45, 7) is 3.77. The van der Waals surface area contributed by atoms with E-state index in [4.69, 9.17) is 51.1 Å². The highest BCUT2D eigenvalue weighted by Gasteiger charge is 2.26. The van der Waals surface area contributed by atoms with Crippen LogP contribution >= 0.6 is 46.4 Å². The highest BCUT2D eigenvalue weighted by molar-refractivity contribution is 6.42. The van der Waals surface area contributed by atoms with Gasteiger partial charge in [-0.15, -0.1) is 0 Å². The lowest BCUT2D eigenvalue weighted by Crippen LogP contribution is -2.49. The first kappa shape index (κ1) is 23.6. The molecule has 2 aromatic carbocycles. The van der Waals surface area contributed by atoms with E-state index >= 15 is 0 Å². The summed E-state index contributed by atoms with van der Waals surface area (Å²) in [4.78, 5) is 26.6. The molecule has 0 aromatic heterocycles. The third-order valence-electron chi connectivity index (χ3n) is 4.10. The second-order valence-electron chi connectivity index (χ2n) is 6.20. The first-order chi connectivity index (χ1) is 13.7. The van der Waals surface area contributed by atoms with Crippen LogP contribution in [-0.2, 0) is 16.1 Å². The highest BCUT2D eigenvalue weighted by Crippen LogP contribution is 2.28. The molecule has 9 heteroatoms. The summed E-state index contributed by atoms with van der Waals surface area (Å²) in [5.74, 6) is -0.337. The van der Waals surface area contributed by atoms with E-state index in [1.807, 2.05) is 0 Å². The minimum absolute atomic E-state index is 0.158. The van der Waals surface area contributed by atoms with Gasteiger partial charge in [0.1, 0.15) is 11.8 Å². The standard InChI is InChI=1S/C20H20Cl4N2O3/c1-3-25-20(28)12(2)26(10-13-4-6-15(22)16(23)8-13)19(27)11-29-18-7-5-14(21)9-17(18)24/h4-9,12H,3,10-11H2,1-2H3,(H,25,28)/t12-/m1/s1. The Bertz CT molecular complexity index is 892. The topological polar surface area (TPSA) is 58.6 Å². The molecular formula is C20H20Cl4N2O3. The van der Waals surface area contributed by atoms with Crippen molar-refractivity contribution >= 4 is 58.2 Å². The average molecular weight is 478 g/mol. The Balaban J connectivity index is 2.19. The molecule has 0 aliphatic rings. The molecule has 0 aliphatic heterocycles. The van der Waals surface area contributed by atoms with E-state index in [2.05, 4.69) is 5.32 Å². The van der Waals surface area contributed by atoms with Crippen LogP contribution in [0, 0.1) is 0 Å². The van der Waals surface area contributed by atoms with Crippen LogP contribution in [0.4, 0.5) is 0 Å². The molecule has 0 bridgehead atoms. The van der Waals surface area contributed by atoms with E-state index in [0.717, 1.165) is 5.56 Å². The third-order valence-corrected chi connectivity index (χ3v) is 5.37. The number of nitrogens with zero attached hydrogens (tertiary/aromatic N) is 1. The molecule has 0 heterocycles. The molecule has 0 saturated heterocycles. The van der Waals surface area contributed by atoms with Gasteiger partial charge in [0.25, 0.3) is 5.91 Å². The zero-order valence-electron chi connectivity index (χ0n) is 15.8. The number of benzene rings is 2. The highest BCUT2D eigenvalue weighted by atomic mass is 35.5. The number of halogens is 4. The zero-order chi connectivity index (χ0) is 21.6. The fourth-order valence-electron chi connectivity index (χ4n) is 2.55. The number of rotatable bonds is 8. The molecule has 0 radical (unpaired) electrons. The van der Waals surface area contributed by atoms with Gasteiger partial charge in [0.15, 0.2) is 6.61 Å². The van der Waals surface area contributed by atoms with Crippen LogP contribution in [0.5, 0.6) is 5.75 Å². The van der Waals surface area contributed by atoms with Crippen molar-refractivity contribution in [1.29, 1.82) is 0 Å². The van der Waals surface area contributed by atoms with Crippen molar-refractivity contribution in [2.75, 3.05) is 13.2 Å². The molecule has 0 aliphatic carbocycles. The number of likely N-dealkylation sites (N-methyl/N-ethyl adjacent to an activating group) is 1. The van der Waals surface area contributed by atoms with Crippen LogP contribution in [0.1, 0.15) is 19.4 Å². The van der Waals surface area contributed by atoms with Crippen molar-refractivity contribution < 1.29 is 14.3 Å². The minimum atomic E-state index is -0.721. The van der Waals surface area contributed by atoms with Gasteiger partial charge in [-0.25, -0.2) is 0 Å². The molecule has 2 aromatic rings. The molecule has 29 heavy (non-hydrogen) atoms. The smallest absolute Gasteiger partial charge is 0.261 e. The van der Waals surface area contributed by atoms with Crippen LogP contribution < -0.4 is 10.1 Å². The van der Waals surface area contributed by atoms with Gasteiger partial charge >= 0.3 is 0 Å². The maximum absolute atomic E-state index is 12.9. The maximum Gasteiger partial charge on any atom is 0.261 e. The van der Waals surface area contributed by atoms with Crippen molar-refractivity contribution in [3.05, 3.63) is 62.1 Å². The number of amides is 2. The number of hydrogen-bond acceptors (Lipinski definition) is 3. The third kappa shape index (κ3) is 6.68. The van der Waals surface area contributed by atoms with Gasteiger partial charge in [0, 0.05) is 18.1 Å². The Kier molecular flexibility index (Phi) is 8.90. The van der Waals surface area contributed by atoms with Gasteiger partial charge in [-0.1, -0.05) is 52.5 Å². The molecule has 5 nitrogen and oxygen atoms in total. The van der Waals surface area contributed by atoms with Gasteiger partial charge in [-0.3, -0.25) is 9.59 Å². The van der Waals surface area contributed by atoms with E-state index < -0.39 is 6.04 Å². The van der Waals surface area contributed by atoms with Crippen molar-refractivity contribution in [3.8, 4) is 5.75 Å². The Morgan fingerprint density at radius 1 is 1.03 bits per heavy atom. The van der Waals surface area contributed by atoms with E-state index in [-0.39, 0.29) is 30.0 Å². The summed E-state index contributed by atoms with van der Waals surface area (Å²) in [5, 5.41) is 4.24. The summed E-state index contributed by atoms with van der Waals surface area (Å²) in [5.41, 5.74) is 0.730. The first-order valence-electron chi connectivity index (χ1n) is 8.81. The monoisotopic (exact) mass is 476 g/mol.